The van der Waals surface area contributed by atoms with Gasteiger partial charge in [-0.1, -0.05) is 12.1 Å². The van der Waals surface area contributed by atoms with Gasteiger partial charge in [0.25, 0.3) is 0 Å². The zero-order valence-electron chi connectivity index (χ0n) is 13.0. The highest BCUT2D eigenvalue weighted by molar-refractivity contribution is 5.85. The highest BCUT2D eigenvalue weighted by Crippen LogP contribution is 2.16. The van der Waals surface area contributed by atoms with Crippen LogP contribution < -0.4 is 10.9 Å². The average molecular weight is 321 g/mol. The molecule has 0 saturated carbocycles. The Balaban J connectivity index is 1.78. The molecule has 0 aromatic heterocycles. The van der Waals surface area contributed by atoms with Crippen LogP contribution in [0.3, 0.4) is 0 Å². The van der Waals surface area contributed by atoms with Crippen LogP contribution in [0.25, 0.3) is 0 Å². The minimum atomic E-state index is -0.385. The van der Waals surface area contributed by atoms with E-state index in [1.165, 1.54) is 31.2 Å². The predicted molar refractivity (Wildman–Crippen MR) is 81.4 cm³/mol. The highest BCUT2D eigenvalue weighted by atomic mass is 19.1. The van der Waals surface area contributed by atoms with Crippen LogP contribution in [-0.4, -0.2) is 35.7 Å². The molecule has 0 radical (unpaired) electrons. The summed E-state index contributed by atoms with van der Waals surface area (Å²) in [4.78, 5) is 36.8. The second-order valence-corrected chi connectivity index (χ2v) is 5.64. The van der Waals surface area contributed by atoms with Crippen molar-refractivity contribution in [2.45, 2.75) is 26.2 Å². The molecule has 0 spiro atoms. The Morgan fingerprint density at radius 3 is 2.57 bits per heavy atom. The lowest BCUT2D eigenvalue weighted by molar-refractivity contribution is -0.136. The summed E-state index contributed by atoms with van der Waals surface area (Å²) in [6, 6.07) is 5.59. The van der Waals surface area contributed by atoms with Gasteiger partial charge in [-0.3, -0.25) is 25.2 Å². The van der Waals surface area contributed by atoms with Crippen LogP contribution in [0.15, 0.2) is 24.3 Å². The lowest BCUT2D eigenvalue weighted by Crippen LogP contribution is -2.50. The number of benzene rings is 1. The lowest BCUT2D eigenvalue weighted by atomic mass is 9.97. The van der Waals surface area contributed by atoms with Crippen molar-refractivity contribution in [3.8, 4) is 0 Å². The summed E-state index contributed by atoms with van der Waals surface area (Å²) in [5.41, 5.74) is 5.40. The van der Waals surface area contributed by atoms with Crippen LogP contribution in [0.4, 0.5) is 4.39 Å². The van der Waals surface area contributed by atoms with E-state index in [9.17, 15) is 18.8 Å². The van der Waals surface area contributed by atoms with Gasteiger partial charge in [0.15, 0.2) is 0 Å². The number of piperidine rings is 1. The van der Waals surface area contributed by atoms with Crippen molar-refractivity contribution in [1.29, 1.82) is 0 Å². The smallest absolute Gasteiger partial charge is 0.243 e. The summed E-state index contributed by atoms with van der Waals surface area (Å²) in [5.74, 6) is -1.43. The Bertz CT molecular complexity index is 589. The number of hydrazine groups is 1. The minimum absolute atomic E-state index is 0.0464. The zero-order valence-corrected chi connectivity index (χ0v) is 13.0. The van der Waals surface area contributed by atoms with Crippen molar-refractivity contribution < 1.29 is 18.8 Å². The van der Waals surface area contributed by atoms with Gasteiger partial charge in [0, 0.05) is 20.0 Å². The molecule has 2 rings (SSSR count). The van der Waals surface area contributed by atoms with Crippen molar-refractivity contribution in [1.82, 2.24) is 15.8 Å². The molecule has 1 aromatic carbocycles. The van der Waals surface area contributed by atoms with Gasteiger partial charge in [0.05, 0.1) is 12.3 Å². The van der Waals surface area contributed by atoms with Crippen LogP contribution in [0.2, 0.25) is 0 Å². The molecule has 6 nitrogen and oxygen atoms in total. The fourth-order valence-corrected chi connectivity index (χ4v) is 2.54. The van der Waals surface area contributed by atoms with E-state index in [2.05, 4.69) is 10.9 Å². The van der Waals surface area contributed by atoms with Crippen molar-refractivity contribution >= 4 is 17.7 Å². The molecule has 3 amide bonds. The number of carbonyl (C=O) groups excluding carboxylic acids is 3. The number of amides is 3. The standard InChI is InChI=1S/C16H20FN3O3/c1-11(21)20-8-2-3-13(10-20)16(23)19-18-15(22)9-12-4-6-14(17)7-5-12/h4-7,13H,2-3,8-10H2,1H3,(H,18,22)(H,19,23)/t13-/m1/s1. The molecular formula is C16H20FN3O3. The Morgan fingerprint density at radius 2 is 1.91 bits per heavy atom. The molecule has 1 aliphatic rings. The van der Waals surface area contributed by atoms with Gasteiger partial charge in [0.1, 0.15) is 5.82 Å². The fourth-order valence-electron chi connectivity index (χ4n) is 2.54. The second-order valence-electron chi connectivity index (χ2n) is 5.64. The van der Waals surface area contributed by atoms with Crippen molar-refractivity contribution in [3.63, 3.8) is 0 Å². The third kappa shape index (κ3) is 5.05. The molecule has 0 aliphatic carbocycles. The maximum Gasteiger partial charge on any atom is 0.243 e. The molecule has 1 saturated heterocycles. The largest absolute Gasteiger partial charge is 0.342 e. The SMILES string of the molecule is CC(=O)N1CCC[C@@H](C(=O)NNC(=O)Cc2ccc(F)cc2)C1. The summed E-state index contributed by atoms with van der Waals surface area (Å²) >= 11 is 0. The molecule has 1 atom stereocenters. The quantitative estimate of drug-likeness (QED) is 0.807. The van der Waals surface area contributed by atoms with Crippen molar-refractivity contribution in [3.05, 3.63) is 35.6 Å². The third-order valence-electron chi connectivity index (χ3n) is 3.84. The maximum atomic E-state index is 12.8. The highest BCUT2D eigenvalue weighted by Gasteiger charge is 2.27. The molecule has 1 aliphatic heterocycles. The second kappa shape index (κ2) is 7.71. The molecule has 124 valence electrons. The van der Waals surface area contributed by atoms with Crippen molar-refractivity contribution in [2.24, 2.45) is 5.92 Å². The summed E-state index contributed by atoms with van der Waals surface area (Å²) in [6.45, 7) is 2.51. The lowest BCUT2D eigenvalue weighted by Gasteiger charge is -2.31. The number of carbonyl (C=O) groups is 3. The Kier molecular flexibility index (Phi) is 5.67. The maximum absolute atomic E-state index is 12.8. The van der Waals surface area contributed by atoms with E-state index in [1.807, 2.05) is 0 Å². The fraction of sp³-hybridized carbons (Fsp3) is 0.438. The van der Waals surface area contributed by atoms with Crippen LogP contribution in [0.5, 0.6) is 0 Å². The zero-order chi connectivity index (χ0) is 16.8. The van der Waals surface area contributed by atoms with Crippen LogP contribution in [0.1, 0.15) is 25.3 Å². The number of hydrogen-bond donors (Lipinski definition) is 2. The van der Waals surface area contributed by atoms with E-state index < -0.39 is 0 Å². The molecule has 1 heterocycles. The summed E-state index contributed by atoms with van der Waals surface area (Å²) in [5, 5.41) is 0. The summed E-state index contributed by atoms with van der Waals surface area (Å²) in [6.07, 6.45) is 1.50. The van der Waals surface area contributed by atoms with Crippen molar-refractivity contribution in [2.75, 3.05) is 13.1 Å². The number of halogens is 1. The van der Waals surface area contributed by atoms with Crippen LogP contribution >= 0.6 is 0 Å². The Hall–Kier alpha value is -2.44. The topological polar surface area (TPSA) is 78.5 Å². The Morgan fingerprint density at radius 1 is 1.22 bits per heavy atom. The molecule has 7 heteroatoms. The van der Waals surface area contributed by atoms with Gasteiger partial charge in [-0.15, -0.1) is 0 Å². The van der Waals surface area contributed by atoms with Gasteiger partial charge in [-0.05, 0) is 30.5 Å². The molecule has 1 aromatic rings. The van der Waals surface area contributed by atoms with E-state index in [0.29, 0.717) is 25.1 Å². The monoisotopic (exact) mass is 321 g/mol. The molecule has 23 heavy (non-hydrogen) atoms. The van der Waals surface area contributed by atoms with E-state index in [1.54, 1.807) is 4.90 Å². The van der Waals surface area contributed by atoms with E-state index in [0.717, 1.165) is 6.42 Å². The number of rotatable bonds is 3. The first-order chi connectivity index (χ1) is 11.0. The Labute approximate surface area is 134 Å². The third-order valence-corrected chi connectivity index (χ3v) is 3.84. The van der Waals surface area contributed by atoms with Gasteiger partial charge >= 0.3 is 0 Å². The molecule has 0 unspecified atom stereocenters. The average Bonchev–Trinajstić information content (AvgIpc) is 2.55. The van der Waals surface area contributed by atoms with Crippen LogP contribution in [-0.2, 0) is 20.8 Å². The molecule has 1 fully saturated rings. The number of nitrogens with zero attached hydrogens (tertiary/aromatic N) is 1. The summed E-state index contributed by atoms with van der Waals surface area (Å²) < 4.78 is 12.8. The number of hydrogen-bond acceptors (Lipinski definition) is 3. The first kappa shape index (κ1) is 16.9. The van der Waals surface area contributed by atoms with Gasteiger partial charge in [-0.2, -0.15) is 0 Å². The van der Waals surface area contributed by atoms with E-state index >= 15 is 0 Å². The first-order valence-corrected chi connectivity index (χ1v) is 7.54. The predicted octanol–water partition coefficient (Wildman–Crippen LogP) is 0.774. The molecule has 2 N–H and O–H groups in total. The van der Waals surface area contributed by atoms with Gasteiger partial charge in [-0.25, -0.2) is 4.39 Å². The number of nitrogens with one attached hydrogen (secondary N) is 2. The normalized spacial score (nSPS) is 17.5. The van der Waals surface area contributed by atoms with E-state index in [4.69, 9.17) is 0 Å². The summed E-state index contributed by atoms with van der Waals surface area (Å²) in [7, 11) is 0. The van der Waals surface area contributed by atoms with Crippen LogP contribution in [0, 0.1) is 11.7 Å². The molecule has 0 bridgehead atoms. The first-order valence-electron chi connectivity index (χ1n) is 7.54. The number of likely N-dealkylation sites (tertiary alicyclic amines) is 1. The van der Waals surface area contributed by atoms with Gasteiger partial charge in [0.2, 0.25) is 17.7 Å². The minimum Gasteiger partial charge on any atom is -0.342 e. The van der Waals surface area contributed by atoms with E-state index in [-0.39, 0.29) is 35.9 Å². The van der Waals surface area contributed by atoms with Gasteiger partial charge < -0.3 is 4.90 Å². The molecular weight excluding hydrogens is 301 g/mol.